The average Bonchev–Trinajstić information content (AvgIpc) is 2.10. The van der Waals surface area contributed by atoms with Crippen LogP contribution in [0.5, 0.6) is 0 Å². The van der Waals surface area contributed by atoms with Gasteiger partial charge in [0.1, 0.15) is 6.61 Å². The number of carbonyl (C=O) groups is 2. The standard InChI is InChI=1S/C10H16N2O4/c1-3-4-16-10(15)12-5-8(6-12)11(2)7-9(13)14/h3,8H,1,4-7H2,2H3,(H,13,14). The van der Waals surface area contributed by atoms with Gasteiger partial charge in [0, 0.05) is 19.1 Å². The average molecular weight is 228 g/mol. The highest BCUT2D eigenvalue weighted by molar-refractivity contribution is 5.70. The van der Waals surface area contributed by atoms with E-state index in [1.807, 2.05) is 0 Å². The second-order valence-electron chi connectivity index (χ2n) is 3.73. The zero-order valence-corrected chi connectivity index (χ0v) is 9.26. The van der Waals surface area contributed by atoms with Gasteiger partial charge in [0.2, 0.25) is 0 Å². The van der Waals surface area contributed by atoms with Crippen molar-refractivity contribution >= 4 is 12.1 Å². The van der Waals surface area contributed by atoms with E-state index < -0.39 is 5.97 Å². The van der Waals surface area contributed by atoms with Crippen LogP contribution in [-0.2, 0) is 9.53 Å². The molecule has 0 spiro atoms. The van der Waals surface area contributed by atoms with Crippen molar-refractivity contribution in [2.75, 3.05) is 33.3 Å². The Morgan fingerprint density at radius 1 is 1.62 bits per heavy atom. The molecule has 0 aromatic carbocycles. The molecule has 0 aliphatic carbocycles. The predicted octanol–water partition coefficient (Wildman–Crippen LogP) is 0.00960. The van der Waals surface area contributed by atoms with Crippen LogP contribution in [0.2, 0.25) is 0 Å². The molecule has 0 unspecified atom stereocenters. The third-order valence-electron chi connectivity index (χ3n) is 2.45. The Bertz CT molecular complexity index is 287. The molecule has 0 radical (unpaired) electrons. The SMILES string of the molecule is C=CCOC(=O)N1CC(N(C)CC(=O)O)C1. The molecule has 0 bridgehead atoms. The molecule has 1 amide bonds. The lowest BCUT2D eigenvalue weighted by Crippen LogP contribution is -2.60. The number of amides is 1. The number of rotatable bonds is 5. The fourth-order valence-electron chi connectivity index (χ4n) is 1.45. The Labute approximate surface area is 94.1 Å². The van der Waals surface area contributed by atoms with Gasteiger partial charge in [-0.3, -0.25) is 9.69 Å². The Kier molecular flexibility index (Phi) is 4.30. The maximum absolute atomic E-state index is 11.3. The number of carbonyl (C=O) groups excluding carboxylic acids is 1. The van der Waals surface area contributed by atoms with Crippen molar-refractivity contribution in [3.63, 3.8) is 0 Å². The largest absolute Gasteiger partial charge is 0.480 e. The van der Waals surface area contributed by atoms with Crippen molar-refractivity contribution in [3.8, 4) is 0 Å². The summed E-state index contributed by atoms with van der Waals surface area (Å²) < 4.78 is 4.84. The van der Waals surface area contributed by atoms with Crippen molar-refractivity contribution in [1.29, 1.82) is 0 Å². The van der Waals surface area contributed by atoms with Gasteiger partial charge in [-0.25, -0.2) is 4.79 Å². The van der Waals surface area contributed by atoms with Gasteiger partial charge in [0.05, 0.1) is 6.54 Å². The number of nitrogens with zero attached hydrogens (tertiary/aromatic N) is 2. The van der Waals surface area contributed by atoms with Crippen LogP contribution in [0.1, 0.15) is 0 Å². The first-order chi connectivity index (χ1) is 7.54. The van der Waals surface area contributed by atoms with Crippen LogP contribution in [0, 0.1) is 0 Å². The van der Waals surface area contributed by atoms with Crippen LogP contribution in [0.25, 0.3) is 0 Å². The van der Waals surface area contributed by atoms with Gasteiger partial charge >= 0.3 is 12.1 Å². The molecule has 1 aliphatic rings. The van der Waals surface area contributed by atoms with Crippen LogP contribution >= 0.6 is 0 Å². The highest BCUT2D eigenvalue weighted by Crippen LogP contribution is 2.14. The van der Waals surface area contributed by atoms with E-state index in [4.69, 9.17) is 9.84 Å². The fourth-order valence-corrected chi connectivity index (χ4v) is 1.45. The van der Waals surface area contributed by atoms with Crippen molar-refractivity contribution in [3.05, 3.63) is 12.7 Å². The summed E-state index contributed by atoms with van der Waals surface area (Å²) in [5, 5.41) is 8.59. The van der Waals surface area contributed by atoms with E-state index in [0.717, 1.165) is 0 Å². The third-order valence-corrected chi connectivity index (χ3v) is 2.45. The van der Waals surface area contributed by atoms with Gasteiger partial charge in [-0.1, -0.05) is 12.7 Å². The van der Waals surface area contributed by atoms with E-state index in [1.165, 1.54) is 11.0 Å². The maximum atomic E-state index is 11.3. The van der Waals surface area contributed by atoms with Gasteiger partial charge < -0.3 is 14.7 Å². The normalized spacial score (nSPS) is 15.8. The van der Waals surface area contributed by atoms with Crippen molar-refractivity contribution < 1.29 is 19.4 Å². The molecular formula is C10H16N2O4. The van der Waals surface area contributed by atoms with Gasteiger partial charge in [-0.2, -0.15) is 0 Å². The van der Waals surface area contributed by atoms with Crippen molar-refractivity contribution in [1.82, 2.24) is 9.80 Å². The number of likely N-dealkylation sites (tertiary alicyclic amines) is 1. The monoisotopic (exact) mass is 228 g/mol. The van der Waals surface area contributed by atoms with E-state index in [2.05, 4.69) is 6.58 Å². The van der Waals surface area contributed by atoms with Crippen LogP contribution < -0.4 is 0 Å². The Hall–Kier alpha value is -1.56. The van der Waals surface area contributed by atoms with Gasteiger partial charge in [0.15, 0.2) is 0 Å². The first-order valence-corrected chi connectivity index (χ1v) is 4.99. The molecule has 6 heteroatoms. The second kappa shape index (κ2) is 5.50. The molecule has 1 rings (SSSR count). The summed E-state index contributed by atoms with van der Waals surface area (Å²) in [6.45, 7) is 4.66. The minimum atomic E-state index is -0.866. The summed E-state index contributed by atoms with van der Waals surface area (Å²) in [6.07, 6.45) is 1.13. The minimum Gasteiger partial charge on any atom is -0.480 e. The van der Waals surface area contributed by atoms with E-state index in [0.29, 0.717) is 13.1 Å². The smallest absolute Gasteiger partial charge is 0.410 e. The quantitative estimate of drug-likeness (QED) is 0.671. The third kappa shape index (κ3) is 3.23. The summed E-state index contributed by atoms with van der Waals surface area (Å²) in [7, 11) is 1.73. The van der Waals surface area contributed by atoms with E-state index in [1.54, 1.807) is 11.9 Å². The Morgan fingerprint density at radius 3 is 2.75 bits per heavy atom. The summed E-state index contributed by atoms with van der Waals surface area (Å²) in [4.78, 5) is 25.0. The molecule has 90 valence electrons. The zero-order valence-electron chi connectivity index (χ0n) is 9.26. The topological polar surface area (TPSA) is 70.1 Å². The number of likely N-dealkylation sites (N-methyl/N-ethyl adjacent to an activating group) is 1. The highest BCUT2D eigenvalue weighted by atomic mass is 16.6. The lowest BCUT2D eigenvalue weighted by atomic mass is 10.1. The fraction of sp³-hybridized carbons (Fsp3) is 0.600. The number of carboxylic acid groups (broad SMARTS) is 1. The summed E-state index contributed by atoms with van der Waals surface area (Å²) in [6, 6.07) is 0.104. The second-order valence-corrected chi connectivity index (χ2v) is 3.73. The number of carboxylic acids is 1. The van der Waals surface area contributed by atoms with Crippen LogP contribution in [0.4, 0.5) is 4.79 Å². The predicted molar refractivity (Wildman–Crippen MR) is 57.2 cm³/mol. The van der Waals surface area contributed by atoms with E-state index >= 15 is 0 Å². The summed E-state index contributed by atoms with van der Waals surface area (Å²) in [5.41, 5.74) is 0. The molecule has 1 saturated heterocycles. The summed E-state index contributed by atoms with van der Waals surface area (Å²) >= 11 is 0. The van der Waals surface area contributed by atoms with Crippen LogP contribution in [0.15, 0.2) is 12.7 Å². The van der Waals surface area contributed by atoms with Crippen molar-refractivity contribution in [2.24, 2.45) is 0 Å². The molecule has 0 aromatic rings. The molecule has 0 saturated carbocycles. The molecule has 1 heterocycles. The van der Waals surface area contributed by atoms with Gasteiger partial charge in [0.25, 0.3) is 0 Å². The molecule has 16 heavy (non-hydrogen) atoms. The summed E-state index contributed by atoms with van der Waals surface area (Å²) in [5.74, 6) is -0.866. The lowest BCUT2D eigenvalue weighted by Gasteiger charge is -2.42. The lowest BCUT2D eigenvalue weighted by molar-refractivity contribution is -0.139. The molecule has 6 nitrogen and oxygen atoms in total. The number of ether oxygens (including phenoxy) is 1. The first-order valence-electron chi connectivity index (χ1n) is 4.99. The van der Waals surface area contributed by atoms with E-state index in [9.17, 15) is 9.59 Å². The molecule has 0 aromatic heterocycles. The van der Waals surface area contributed by atoms with Gasteiger partial charge in [-0.15, -0.1) is 0 Å². The zero-order chi connectivity index (χ0) is 12.1. The molecule has 1 fully saturated rings. The van der Waals surface area contributed by atoms with E-state index in [-0.39, 0.29) is 25.3 Å². The van der Waals surface area contributed by atoms with Crippen LogP contribution in [0.3, 0.4) is 0 Å². The Morgan fingerprint density at radius 2 is 2.25 bits per heavy atom. The van der Waals surface area contributed by atoms with Gasteiger partial charge in [-0.05, 0) is 7.05 Å². The van der Waals surface area contributed by atoms with Crippen LogP contribution in [-0.4, -0.2) is 66.3 Å². The molecule has 0 atom stereocenters. The number of aliphatic carboxylic acids is 1. The maximum Gasteiger partial charge on any atom is 0.410 e. The Balaban J connectivity index is 2.23. The molecule has 1 N–H and O–H groups in total. The number of hydrogen-bond donors (Lipinski definition) is 1. The minimum absolute atomic E-state index is 0.0137. The molecular weight excluding hydrogens is 212 g/mol. The van der Waals surface area contributed by atoms with Crippen molar-refractivity contribution in [2.45, 2.75) is 6.04 Å². The molecule has 1 aliphatic heterocycles. The number of hydrogen-bond acceptors (Lipinski definition) is 4. The highest BCUT2D eigenvalue weighted by Gasteiger charge is 2.34. The first kappa shape index (κ1) is 12.5.